The van der Waals surface area contributed by atoms with Gasteiger partial charge in [0.05, 0.1) is 16.6 Å². The number of hydrogen-bond acceptors (Lipinski definition) is 2. The van der Waals surface area contributed by atoms with E-state index in [1.165, 1.54) is 0 Å². The van der Waals surface area contributed by atoms with E-state index in [1.54, 1.807) is 24.3 Å². The SMILES string of the molecule is CCCC[C@H](CCC(=O)Nc1ccccc1Cl)C(=O)O. The smallest absolute Gasteiger partial charge is 0.306 e. The molecule has 0 saturated heterocycles. The van der Waals surface area contributed by atoms with Crippen LogP contribution >= 0.6 is 11.6 Å². The lowest BCUT2D eigenvalue weighted by Gasteiger charge is -2.12. The number of amides is 1. The molecule has 0 spiro atoms. The number of rotatable bonds is 8. The quantitative estimate of drug-likeness (QED) is 0.763. The first-order chi connectivity index (χ1) is 9.54. The van der Waals surface area contributed by atoms with E-state index in [0.717, 1.165) is 12.8 Å². The van der Waals surface area contributed by atoms with Crippen molar-refractivity contribution in [2.45, 2.75) is 39.0 Å². The third-order valence-electron chi connectivity index (χ3n) is 3.12. The fourth-order valence-electron chi connectivity index (χ4n) is 1.92. The van der Waals surface area contributed by atoms with E-state index >= 15 is 0 Å². The van der Waals surface area contributed by atoms with Gasteiger partial charge in [0, 0.05) is 6.42 Å². The zero-order valence-electron chi connectivity index (χ0n) is 11.6. The highest BCUT2D eigenvalue weighted by molar-refractivity contribution is 6.33. The Balaban J connectivity index is 2.45. The second kappa shape index (κ2) is 8.59. The minimum Gasteiger partial charge on any atom is -0.481 e. The fraction of sp³-hybridized carbons (Fsp3) is 0.467. The molecule has 2 N–H and O–H groups in total. The molecule has 110 valence electrons. The number of aliphatic carboxylic acids is 1. The molecular weight excluding hydrogens is 278 g/mol. The lowest BCUT2D eigenvalue weighted by Crippen LogP contribution is -2.18. The zero-order valence-corrected chi connectivity index (χ0v) is 12.3. The van der Waals surface area contributed by atoms with Gasteiger partial charge in [-0.15, -0.1) is 0 Å². The molecule has 1 aromatic rings. The van der Waals surface area contributed by atoms with Crippen molar-refractivity contribution in [2.75, 3.05) is 5.32 Å². The van der Waals surface area contributed by atoms with Crippen LogP contribution in [0.15, 0.2) is 24.3 Å². The van der Waals surface area contributed by atoms with Gasteiger partial charge < -0.3 is 10.4 Å². The van der Waals surface area contributed by atoms with Crippen molar-refractivity contribution in [2.24, 2.45) is 5.92 Å². The van der Waals surface area contributed by atoms with Crippen LogP contribution in [0.4, 0.5) is 5.69 Å². The molecule has 0 aliphatic rings. The average Bonchev–Trinajstić information content (AvgIpc) is 2.41. The molecule has 0 aliphatic carbocycles. The Bertz CT molecular complexity index is 462. The van der Waals surface area contributed by atoms with Crippen molar-refractivity contribution in [3.8, 4) is 0 Å². The van der Waals surface area contributed by atoms with Crippen LogP contribution < -0.4 is 5.32 Å². The summed E-state index contributed by atoms with van der Waals surface area (Å²) in [6.07, 6.45) is 2.97. The molecule has 0 saturated carbocycles. The molecule has 1 amide bonds. The fourth-order valence-corrected chi connectivity index (χ4v) is 2.11. The third kappa shape index (κ3) is 5.61. The number of carbonyl (C=O) groups is 2. The Hall–Kier alpha value is -1.55. The summed E-state index contributed by atoms with van der Waals surface area (Å²) < 4.78 is 0. The summed E-state index contributed by atoms with van der Waals surface area (Å²) in [4.78, 5) is 22.9. The minimum atomic E-state index is -0.830. The number of nitrogens with one attached hydrogen (secondary N) is 1. The molecule has 20 heavy (non-hydrogen) atoms. The van der Waals surface area contributed by atoms with Gasteiger partial charge in [-0.1, -0.05) is 43.5 Å². The summed E-state index contributed by atoms with van der Waals surface area (Å²) in [5.41, 5.74) is 0.555. The number of hydrogen-bond donors (Lipinski definition) is 2. The van der Waals surface area contributed by atoms with Crippen molar-refractivity contribution >= 4 is 29.2 Å². The van der Waals surface area contributed by atoms with Gasteiger partial charge in [0.2, 0.25) is 5.91 Å². The highest BCUT2D eigenvalue weighted by Gasteiger charge is 2.18. The maximum Gasteiger partial charge on any atom is 0.306 e. The Morgan fingerprint density at radius 2 is 2.00 bits per heavy atom. The molecule has 0 aromatic heterocycles. The molecule has 4 nitrogen and oxygen atoms in total. The molecule has 0 unspecified atom stereocenters. The summed E-state index contributed by atoms with van der Waals surface area (Å²) in [5.74, 6) is -1.49. The number of para-hydroxylation sites is 1. The molecule has 1 rings (SSSR count). The van der Waals surface area contributed by atoms with Crippen molar-refractivity contribution in [3.05, 3.63) is 29.3 Å². The van der Waals surface area contributed by atoms with Gasteiger partial charge in [0.15, 0.2) is 0 Å². The van der Waals surface area contributed by atoms with E-state index in [2.05, 4.69) is 5.32 Å². The first-order valence-electron chi connectivity index (χ1n) is 6.81. The maximum atomic E-state index is 11.8. The van der Waals surface area contributed by atoms with Crippen molar-refractivity contribution in [1.29, 1.82) is 0 Å². The monoisotopic (exact) mass is 297 g/mol. The average molecular weight is 298 g/mol. The number of halogens is 1. The maximum absolute atomic E-state index is 11.8. The third-order valence-corrected chi connectivity index (χ3v) is 3.45. The number of carboxylic acid groups (broad SMARTS) is 1. The number of benzene rings is 1. The summed E-state index contributed by atoms with van der Waals surface area (Å²) in [6, 6.07) is 6.97. The summed E-state index contributed by atoms with van der Waals surface area (Å²) in [7, 11) is 0. The number of unbranched alkanes of at least 4 members (excludes halogenated alkanes) is 1. The Morgan fingerprint density at radius 1 is 1.30 bits per heavy atom. The van der Waals surface area contributed by atoms with E-state index in [4.69, 9.17) is 16.7 Å². The summed E-state index contributed by atoms with van der Waals surface area (Å²) >= 11 is 5.94. The minimum absolute atomic E-state index is 0.186. The van der Waals surface area contributed by atoms with Crippen LogP contribution in [-0.2, 0) is 9.59 Å². The van der Waals surface area contributed by atoms with E-state index < -0.39 is 11.9 Å². The Morgan fingerprint density at radius 3 is 2.60 bits per heavy atom. The number of carbonyl (C=O) groups excluding carboxylic acids is 1. The lowest BCUT2D eigenvalue weighted by atomic mass is 9.97. The van der Waals surface area contributed by atoms with Crippen LogP contribution in [-0.4, -0.2) is 17.0 Å². The molecule has 5 heteroatoms. The molecule has 0 heterocycles. The van der Waals surface area contributed by atoms with E-state index in [-0.39, 0.29) is 12.3 Å². The second-order valence-electron chi connectivity index (χ2n) is 4.74. The van der Waals surface area contributed by atoms with Crippen molar-refractivity contribution in [1.82, 2.24) is 0 Å². The van der Waals surface area contributed by atoms with Crippen LogP contribution in [0.25, 0.3) is 0 Å². The van der Waals surface area contributed by atoms with Gasteiger partial charge in [-0.2, -0.15) is 0 Å². The molecule has 0 fully saturated rings. The number of anilines is 1. The molecular formula is C15H20ClNO3. The van der Waals surface area contributed by atoms with E-state index in [9.17, 15) is 9.59 Å². The highest BCUT2D eigenvalue weighted by Crippen LogP contribution is 2.21. The topological polar surface area (TPSA) is 66.4 Å². The van der Waals surface area contributed by atoms with Gasteiger partial charge in [-0.25, -0.2) is 0 Å². The normalized spacial score (nSPS) is 11.9. The van der Waals surface area contributed by atoms with Crippen molar-refractivity contribution in [3.63, 3.8) is 0 Å². The Kier molecular flexibility index (Phi) is 7.09. The summed E-state index contributed by atoms with van der Waals surface area (Å²) in [5, 5.41) is 12.3. The second-order valence-corrected chi connectivity index (χ2v) is 5.15. The van der Waals surface area contributed by atoms with Crippen LogP contribution in [0.1, 0.15) is 39.0 Å². The van der Waals surface area contributed by atoms with Crippen LogP contribution in [0, 0.1) is 5.92 Å². The Labute approximate surface area is 124 Å². The van der Waals surface area contributed by atoms with Gasteiger partial charge in [0.25, 0.3) is 0 Å². The highest BCUT2D eigenvalue weighted by atomic mass is 35.5. The molecule has 1 aromatic carbocycles. The predicted octanol–water partition coefficient (Wildman–Crippen LogP) is 3.95. The standard InChI is InChI=1S/C15H20ClNO3/c1-2-3-6-11(15(19)20)9-10-14(18)17-13-8-5-4-7-12(13)16/h4-5,7-8,11H,2-3,6,9-10H2,1H3,(H,17,18)(H,19,20)/t11-/m1/s1. The summed E-state index contributed by atoms with van der Waals surface area (Å²) in [6.45, 7) is 2.02. The van der Waals surface area contributed by atoms with Gasteiger partial charge in [-0.05, 0) is 25.0 Å². The molecule has 0 radical (unpaired) electrons. The van der Waals surface area contributed by atoms with Crippen LogP contribution in [0.5, 0.6) is 0 Å². The van der Waals surface area contributed by atoms with Gasteiger partial charge >= 0.3 is 5.97 Å². The predicted molar refractivity (Wildman–Crippen MR) is 80.0 cm³/mol. The van der Waals surface area contributed by atoms with Crippen molar-refractivity contribution < 1.29 is 14.7 Å². The zero-order chi connectivity index (χ0) is 15.0. The largest absolute Gasteiger partial charge is 0.481 e. The van der Waals surface area contributed by atoms with Gasteiger partial charge in [0.1, 0.15) is 0 Å². The molecule has 1 atom stereocenters. The van der Waals surface area contributed by atoms with E-state index in [0.29, 0.717) is 23.6 Å². The van der Waals surface area contributed by atoms with Gasteiger partial charge in [-0.3, -0.25) is 9.59 Å². The molecule has 0 bridgehead atoms. The van der Waals surface area contributed by atoms with Crippen LogP contribution in [0.2, 0.25) is 5.02 Å². The molecule has 0 aliphatic heterocycles. The number of carboxylic acids is 1. The first kappa shape index (κ1) is 16.5. The van der Waals surface area contributed by atoms with E-state index in [1.807, 2.05) is 6.92 Å². The van der Waals surface area contributed by atoms with Crippen LogP contribution in [0.3, 0.4) is 0 Å². The lowest BCUT2D eigenvalue weighted by molar-refractivity contribution is -0.142. The first-order valence-corrected chi connectivity index (χ1v) is 7.19.